The highest BCUT2D eigenvalue weighted by molar-refractivity contribution is 7.59. The molecular formula is C12H20O6P2. The number of rotatable bonds is 8. The molecule has 0 saturated heterocycles. The molecule has 0 rings (SSSR count). The van der Waals surface area contributed by atoms with Gasteiger partial charge in [0.05, 0.1) is 26.4 Å². The Bertz CT molecular complexity index is 428. The molecule has 0 aliphatic heterocycles. The maximum atomic E-state index is 12.0. The van der Waals surface area contributed by atoms with Crippen molar-refractivity contribution >= 4 is 15.2 Å². The van der Waals surface area contributed by atoms with Gasteiger partial charge < -0.3 is 0 Å². The zero-order chi connectivity index (χ0) is 15.5. The van der Waals surface area contributed by atoms with Crippen molar-refractivity contribution in [1.82, 2.24) is 0 Å². The first kappa shape index (κ1) is 19.4. The molecule has 0 saturated carbocycles. The van der Waals surface area contributed by atoms with Gasteiger partial charge in [-0.1, -0.05) is 0 Å². The van der Waals surface area contributed by atoms with Crippen LogP contribution >= 0.6 is 15.2 Å². The number of hydrogen-bond donors (Lipinski definition) is 0. The predicted molar refractivity (Wildman–Crippen MR) is 77.3 cm³/mol. The minimum atomic E-state index is -3.47. The molecule has 6 nitrogen and oxygen atoms in total. The van der Waals surface area contributed by atoms with Gasteiger partial charge in [-0.3, -0.25) is 18.1 Å². The van der Waals surface area contributed by atoms with Gasteiger partial charge in [0.2, 0.25) is 0 Å². The van der Waals surface area contributed by atoms with Crippen LogP contribution in [0.4, 0.5) is 0 Å². The van der Waals surface area contributed by atoms with E-state index in [0.717, 1.165) is 0 Å². The van der Waals surface area contributed by atoms with Crippen molar-refractivity contribution in [3.63, 3.8) is 0 Å². The fourth-order valence-corrected chi connectivity index (χ4v) is 3.23. The lowest BCUT2D eigenvalue weighted by atomic mass is 10.7. The summed E-state index contributed by atoms with van der Waals surface area (Å²) in [6.07, 6.45) is 0. The molecule has 0 radical (unpaired) electrons. The highest BCUT2D eigenvalue weighted by atomic mass is 31.2. The van der Waals surface area contributed by atoms with Gasteiger partial charge in [0, 0.05) is 11.3 Å². The van der Waals surface area contributed by atoms with E-state index in [9.17, 15) is 9.13 Å². The molecule has 0 spiro atoms. The molecule has 114 valence electrons. The van der Waals surface area contributed by atoms with Crippen molar-refractivity contribution in [2.24, 2.45) is 0 Å². The molecule has 0 aliphatic carbocycles. The SMILES string of the molecule is CCOP(=O)(C#CC#CP(=O)(OCC)OCC)OCC. The molecule has 0 aromatic rings. The lowest BCUT2D eigenvalue weighted by Gasteiger charge is -2.09. The number of hydrogen-bond acceptors (Lipinski definition) is 6. The lowest BCUT2D eigenvalue weighted by Crippen LogP contribution is -1.93. The van der Waals surface area contributed by atoms with Gasteiger partial charge in [-0.25, -0.2) is 9.13 Å². The molecule has 0 aliphatic rings. The summed E-state index contributed by atoms with van der Waals surface area (Å²) < 4.78 is 43.8. The van der Waals surface area contributed by atoms with Crippen LogP contribution in [0.2, 0.25) is 0 Å². The van der Waals surface area contributed by atoms with E-state index in [4.69, 9.17) is 18.1 Å². The summed E-state index contributed by atoms with van der Waals surface area (Å²) in [6, 6.07) is 0. The van der Waals surface area contributed by atoms with Gasteiger partial charge in [0.1, 0.15) is 0 Å². The summed E-state index contributed by atoms with van der Waals surface area (Å²) in [7, 11) is -6.93. The topological polar surface area (TPSA) is 71.1 Å². The third-order valence-electron chi connectivity index (χ3n) is 1.64. The Kier molecular flexibility index (Phi) is 9.90. The van der Waals surface area contributed by atoms with Gasteiger partial charge in [0.25, 0.3) is 0 Å². The zero-order valence-corrected chi connectivity index (χ0v) is 14.0. The van der Waals surface area contributed by atoms with Crippen molar-refractivity contribution < 1.29 is 27.2 Å². The Morgan fingerprint density at radius 3 is 1.10 bits per heavy atom. The van der Waals surface area contributed by atoms with E-state index < -0.39 is 15.2 Å². The molecule has 0 atom stereocenters. The first-order chi connectivity index (χ1) is 9.45. The first-order valence-corrected chi connectivity index (χ1v) is 9.36. The fraction of sp³-hybridized carbons (Fsp3) is 0.667. The standard InChI is InChI=1S/C12H20O6P2/c1-5-15-19(13,16-6-2)11-9-10-12-20(14,17-7-3)18-8-4/h5-8H2,1-4H3. The Morgan fingerprint density at radius 1 is 0.650 bits per heavy atom. The summed E-state index contributed by atoms with van der Waals surface area (Å²) in [4.78, 5) is 0. The van der Waals surface area contributed by atoms with Crippen LogP contribution in [0.1, 0.15) is 27.7 Å². The van der Waals surface area contributed by atoms with Crippen LogP contribution in [0.25, 0.3) is 0 Å². The van der Waals surface area contributed by atoms with Crippen LogP contribution in [0.5, 0.6) is 0 Å². The van der Waals surface area contributed by atoms with E-state index in [0.29, 0.717) is 0 Å². The van der Waals surface area contributed by atoms with Crippen LogP contribution in [0.15, 0.2) is 0 Å². The molecule has 0 aromatic carbocycles. The van der Waals surface area contributed by atoms with Gasteiger partial charge >= 0.3 is 15.2 Å². The Hall–Kier alpha value is -0.580. The average molecular weight is 322 g/mol. The second-order valence-corrected chi connectivity index (χ2v) is 6.61. The minimum absolute atomic E-state index is 0.204. The predicted octanol–water partition coefficient (Wildman–Crippen LogP) is 3.44. The van der Waals surface area contributed by atoms with Crippen LogP contribution in [0.3, 0.4) is 0 Å². The molecule has 0 amide bonds. The van der Waals surface area contributed by atoms with Crippen molar-refractivity contribution in [1.29, 1.82) is 0 Å². The van der Waals surface area contributed by atoms with E-state index >= 15 is 0 Å². The van der Waals surface area contributed by atoms with E-state index in [2.05, 4.69) is 23.2 Å². The molecule has 0 aromatic heterocycles. The lowest BCUT2D eigenvalue weighted by molar-refractivity contribution is 0.229. The fourth-order valence-electron chi connectivity index (χ4n) is 1.08. The molecular weight excluding hydrogens is 302 g/mol. The van der Waals surface area contributed by atoms with Crippen LogP contribution in [0, 0.1) is 23.2 Å². The Labute approximate surface area is 120 Å². The third kappa shape index (κ3) is 7.88. The molecule has 0 bridgehead atoms. The van der Waals surface area contributed by atoms with Crippen LogP contribution in [-0.4, -0.2) is 26.4 Å². The second kappa shape index (κ2) is 10.2. The minimum Gasteiger partial charge on any atom is -0.300 e. The van der Waals surface area contributed by atoms with Gasteiger partial charge in [-0.15, -0.1) is 0 Å². The second-order valence-electron chi connectivity index (χ2n) is 3.14. The summed E-state index contributed by atoms with van der Waals surface area (Å²) in [5, 5.41) is 0. The van der Waals surface area contributed by atoms with Crippen molar-refractivity contribution in [2.75, 3.05) is 26.4 Å². The third-order valence-corrected chi connectivity index (χ3v) is 4.81. The van der Waals surface area contributed by atoms with Crippen molar-refractivity contribution in [2.45, 2.75) is 27.7 Å². The molecule has 8 heteroatoms. The smallest absolute Gasteiger partial charge is 0.300 e. The maximum absolute atomic E-state index is 12.0. The van der Waals surface area contributed by atoms with Crippen molar-refractivity contribution in [3.05, 3.63) is 0 Å². The Balaban J connectivity index is 4.99. The highest BCUT2D eigenvalue weighted by Gasteiger charge is 2.21. The molecule has 0 fully saturated rings. The summed E-state index contributed by atoms with van der Waals surface area (Å²) in [6.45, 7) is 7.53. The van der Waals surface area contributed by atoms with Gasteiger partial charge in [-0.2, -0.15) is 0 Å². The van der Waals surface area contributed by atoms with E-state index in [1.165, 1.54) is 0 Å². The Morgan fingerprint density at radius 2 is 0.900 bits per heavy atom. The van der Waals surface area contributed by atoms with Gasteiger partial charge in [-0.05, 0) is 39.5 Å². The van der Waals surface area contributed by atoms with E-state index in [-0.39, 0.29) is 26.4 Å². The molecule has 0 heterocycles. The van der Waals surface area contributed by atoms with Crippen molar-refractivity contribution in [3.8, 4) is 23.2 Å². The first-order valence-electron chi connectivity index (χ1n) is 6.28. The molecule has 20 heavy (non-hydrogen) atoms. The average Bonchev–Trinajstić information content (AvgIpc) is 2.36. The van der Waals surface area contributed by atoms with Crippen LogP contribution in [-0.2, 0) is 27.2 Å². The monoisotopic (exact) mass is 322 g/mol. The molecule has 0 N–H and O–H groups in total. The summed E-state index contributed by atoms with van der Waals surface area (Å²) >= 11 is 0. The van der Waals surface area contributed by atoms with E-state index in [1.807, 2.05) is 0 Å². The summed E-state index contributed by atoms with van der Waals surface area (Å²) in [5.41, 5.74) is 4.62. The highest BCUT2D eigenvalue weighted by Crippen LogP contribution is 2.47. The molecule has 0 unspecified atom stereocenters. The summed E-state index contributed by atoms with van der Waals surface area (Å²) in [5.74, 6) is 4.62. The largest absolute Gasteiger partial charge is 0.406 e. The van der Waals surface area contributed by atoms with E-state index in [1.54, 1.807) is 27.7 Å². The normalized spacial score (nSPS) is 11.2. The zero-order valence-electron chi connectivity index (χ0n) is 12.2. The quantitative estimate of drug-likeness (QED) is 0.503. The maximum Gasteiger partial charge on any atom is 0.406 e. The van der Waals surface area contributed by atoms with Gasteiger partial charge in [0.15, 0.2) is 0 Å². The van der Waals surface area contributed by atoms with Crippen LogP contribution < -0.4 is 0 Å².